The zero-order valence-corrected chi connectivity index (χ0v) is 10.0. The summed E-state index contributed by atoms with van der Waals surface area (Å²) in [5.41, 5.74) is 0. The van der Waals surface area contributed by atoms with Crippen molar-refractivity contribution >= 4 is 11.9 Å². The van der Waals surface area contributed by atoms with Gasteiger partial charge in [-0.25, -0.2) is 0 Å². The van der Waals surface area contributed by atoms with Crippen LogP contribution >= 0.6 is 0 Å². The summed E-state index contributed by atoms with van der Waals surface area (Å²) >= 11 is 0. The zero-order chi connectivity index (χ0) is 12.7. The Bertz CT molecular complexity index is 259. The normalized spacial score (nSPS) is 19.5. The van der Waals surface area contributed by atoms with E-state index in [1.165, 1.54) is 25.7 Å². The van der Waals surface area contributed by atoms with E-state index in [0.717, 1.165) is 12.8 Å². The summed E-state index contributed by atoms with van der Waals surface area (Å²) < 4.78 is 0. The number of carboxylic acids is 2. The molecule has 0 bridgehead atoms. The molecule has 17 heavy (non-hydrogen) atoms. The predicted molar refractivity (Wildman–Crippen MR) is 62.9 cm³/mol. The van der Waals surface area contributed by atoms with Crippen LogP contribution in [0.15, 0.2) is 0 Å². The minimum Gasteiger partial charge on any atom is -0.481 e. The number of carboxylic acid groups (broad SMARTS) is 2. The maximum Gasteiger partial charge on any atom is 0.308 e. The SMILES string of the molecule is O=C(O)CC(CNC1CCCCCC1)C(=O)O. The van der Waals surface area contributed by atoms with Crippen LogP contribution in [-0.4, -0.2) is 34.7 Å². The van der Waals surface area contributed by atoms with Crippen molar-refractivity contribution in [1.82, 2.24) is 5.32 Å². The van der Waals surface area contributed by atoms with Gasteiger partial charge in [-0.1, -0.05) is 25.7 Å². The van der Waals surface area contributed by atoms with Crippen LogP contribution < -0.4 is 5.32 Å². The molecule has 3 N–H and O–H groups in total. The number of hydrogen-bond donors (Lipinski definition) is 3. The Kier molecular flexibility index (Phi) is 5.97. The average Bonchev–Trinajstić information content (AvgIpc) is 2.51. The van der Waals surface area contributed by atoms with Crippen molar-refractivity contribution in [2.45, 2.75) is 51.0 Å². The molecule has 0 radical (unpaired) electrons. The molecule has 1 aliphatic carbocycles. The van der Waals surface area contributed by atoms with Gasteiger partial charge in [-0.2, -0.15) is 0 Å². The van der Waals surface area contributed by atoms with Crippen molar-refractivity contribution in [3.63, 3.8) is 0 Å². The molecule has 0 heterocycles. The molecule has 1 saturated carbocycles. The highest BCUT2D eigenvalue weighted by atomic mass is 16.4. The van der Waals surface area contributed by atoms with E-state index < -0.39 is 17.9 Å². The first-order valence-electron chi connectivity index (χ1n) is 6.27. The molecule has 1 unspecified atom stereocenters. The minimum absolute atomic E-state index is 0.256. The van der Waals surface area contributed by atoms with Gasteiger partial charge in [0.15, 0.2) is 0 Å². The van der Waals surface area contributed by atoms with Crippen LogP contribution in [-0.2, 0) is 9.59 Å². The second kappa shape index (κ2) is 7.27. The Morgan fingerprint density at radius 3 is 2.18 bits per heavy atom. The predicted octanol–water partition coefficient (Wildman–Crippen LogP) is 1.47. The summed E-state index contributed by atoms with van der Waals surface area (Å²) in [5.74, 6) is -2.91. The summed E-state index contributed by atoms with van der Waals surface area (Å²) in [6.45, 7) is 0.256. The van der Waals surface area contributed by atoms with E-state index in [9.17, 15) is 9.59 Å². The molecule has 0 aromatic heterocycles. The third-order valence-corrected chi connectivity index (χ3v) is 3.28. The fraction of sp³-hybridized carbons (Fsp3) is 0.833. The molecule has 0 spiro atoms. The first-order chi connectivity index (χ1) is 8.09. The first-order valence-corrected chi connectivity index (χ1v) is 6.27. The van der Waals surface area contributed by atoms with E-state index in [2.05, 4.69) is 5.32 Å². The lowest BCUT2D eigenvalue weighted by Crippen LogP contribution is -2.36. The smallest absolute Gasteiger partial charge is 0.308 e. The zero-order valence-electron chi connectivity index (χ0n) is 10.0. The Morgan fingerprint density at radius 1 is 1.12 bits per heavy atom. The lowest BCUT2D eigenvalue weighted by molar-refractivity contribution is -0.148. The third-order valence-electron chi connectivity index (χ3n) is 3.28. The molecule has 1 fully saturated rings. The van der Waals surface area contributed by atoms with Crippen LogP contribution in [0.3, 0.4) is 0 Å². The van der Waals surface area contributed by atoms with Crippen molar-refractivity contribution in [1.29, 1.82) is 0 Å². The highest BCUT2D eigenvalue weighted by molar-refractivity contribution is 5.77. The quantitative estimate of drug-likeness (QED) is 0.615. The van der Waals surface area contributed by atoms with Crippen molar-refractivity contribution < 1.29 is 19.8 Å². The molecule has 1 atom stereocenters. The number of aliphatic carboxylic acids is 2. The van der Waals surface area contributed by atoms with E-state index in [4.69, 9.17) is 10.2 Å². The fourth-order valence-electron chi connectivity index (χ4n) is 2.25. The Hall–Kier alpha value is -1.10. The van der Waals surface area contributed by atoms with Crippen LogP contribution in [0, 0.1) is 5.92 Å². The summed E-state index contributed by atoms with van der Waals surface area (Å²) in [6, 6.07) is 0.355. The van der Waals surface area contributed by atoms with Crippen molar-refractivity contribution in [2.24, 2.45) is 5.92 Å². The maximum absolute atomic E-state index is 10.9. The van der Waals surface area contributed by atoms with Crippen molar-refractivity contribution in [2.75, 3.05) is 6.54 Å². The third kappa shape index (κ3) is 5.68. The van der Waals surface area contributed by atoms with Crippen LogP contribution in [0.1, 0.15) is 44.9 Å². The number of carbonyl (C=O) groups is 2. The average molecular weight is 243 g/mol. The molecule has 0 amide bonds. The van der Waals surface area contributed by atoms with Gasteiger partial charge in [0.25, 0.3) is 0 Å². The van der Waals surface area contributed by atoms with Crippen LogP contribution in [0.2, 0.25) is 0 Å². The second-order valence-electron chi connectivity index (χ2n) is 4.73. The monoisotopic (exact) mass is 243 g/mol. The Labute approximate surface area is 101 Å². The molecule has 0 saturated heterocycles. The Morgan fingerprint density at radius 2 is 1.71 bits per heavy atom. The molecule has 98 valence electrons. The van der Waals surface area contributed by atoms with Gasteiger partial charge in [-0.3, -0.25) is 9.59 Å². The largest absolute Gasteiger partial charge is 0.481 e. The molecular weight excluding hydrogens is 222 g/mol. The van der Waals surface area contributed by atoms with E-state index in [-0.39, 0.29) is 13.0 Å². The highest BCUT2D eigenvalue weighted by Crippen LogP contribution is 2.17. The van der Waals surface area contributed by atoms with E-state index in [0.29, 0.717) is 6.04 Å². The van der Waals surface area contributed by atoms with E-state index >= 15 is 0 Å². The van der Waals surface area contributed by atoms with Gasteiger partial charge in [0.2, 0.25) is 0 Å². The Balaban J connectivity index is 2.34. The van der Waals surface area contributed by atoms with Gasteiger partial charge in [0.1, 0.15) is 0 Å². The maximum atomic E-state index is 10.9. The van der Waals surface area contributed by atoms with Gasteiger partial charge in [0, 0.05) is 12.6 Å². The van der Waals surface area contributed by atoms with Crippen LogP contribution in [0.4, 0.5) is 0 Å². The molecule has 5 nitrogen and oxygen atoms in total. The van der Waals surface area contributed by atoms with Gasteiger partial charge in [-0.05, 0) is 12.8 Å². The molecule has 1 rings (SSSR count). The molecule has 0 aliphatic heterocycles. The number of nitrogens with one attached hydrogen (secondary N) is 1. The minimum atomic E-state index is -1.06. The van der Waals surface area contributed by atoms with Gasteiger partial charge in [0.05, 0.1) is 12.3 Å². The van der Waals surface area contributed by atoms with Crippen molar-refractivity contribution in [3.8, 4) is 0 Å². The van der Waals surface area contributed by atoms with Gasteiger partial charge in [-0.15, -0.1) is 0 Å². The number of hydrogen-bond acceptors (Lipinski definition) is 3. The topological polar surface area (TPSA) is 86.6 Å². The summed E-state index contributed by atoms with van der Waals surface area (Å²) in [5, 5.41) is 20.7. The van der Waals surface area contributed by atoms with Gasteiger partial charge < -0.3 is 15.5 Å². The second-order valence-corrected chi connectivity index (χ2v) is 4.73. The van der Waals surface area contributed by atoms with E-state index in [1.54, 1.807) is 0 Å². The van der Waals surface area contributed by atoms with Crippen LogP contribution in [0.5, 0.6) is 0 Å². The standard InChI is InChI=1S/C12H21NO4/c14-11(15)7-9(12(16)17)8-13-10-5-3-1-2-4-6-10/h9-10,13H,1-8H2,(H,14,15)(H,16,17). The fourth-order valence-corrected chi connectivity index (χ4v) is 2.25. The van der Waals surface area contributed by atoms with E-state index in [1.807, 2.05) is 0 Å². The summed E-state index contributed by atoms with van der Waals surface area (Å²) in [7, 11) is 0. The first kappa shape index (κ1) is 14.0. The molecular formula is C12H21NO4. The lowest BCUT2D eigenvalue weighted by atomic mass is 10.0. The highest BCUT2D eigenvalue weighted by Gasteiger charge is 2.22. The molecule has 1 aliphatic rings. The number of rotatable bonds is 6. The van der Waals surface area contributed by atoms with Gasteiger partial charge >= 0.3 is 11.9 Å². The summed E-state index contributed by atoms with van der Waals surface area (Å²) in [6.07, 6.45) is 6.67. The molecule has 5 heteroatoms. The van der Waals surface area contributed by atoms with Crippen LogP contribution in [0.25, 0.3) is 0 Å². The lowest BCUT2D eigenvalue weighted by Gasteiger charge is -2.18. The summed E-state index contributed by atoms with van der Waals surface area (Å²) in [4.78, 5) is 21.4. The molecule has 0 aromatic carbocycles. The molecule has 0 aromatic rings. The van der Waals surface area contributed by atoms with Crippen molar-refractivity contribution in [3.05, 3.63) is 0 Å².